The molecule has 3 heterocycles. The van der Waals surface area contributed by atoms with Gasteiger partial charge in [0.2, 0.25) is 0 Å². The number of pyridine rings is 1. The number of ether oxygens (including phenoxy) is 1. The molecule has 7 nitrogen and oxygen atoms in total. The Labute approximate surface area is 180 Å². The first-order valence-corrected chi connectivity index (χ1v) is 11.6. The topological polar surface area (TPSA) is 87.3 Å². The van der Waals surface area contributed by atoms with Crippen molar-refractivity contribution in [2.45, 2.75) is 4.90 Å². The molecule has 1 aliphatic heterocycles. The van der Waals surface area contributed by atoms with Crippen molar-refractivity contribution in [1.82, 2.24) is 9.97 Å². The molecule has 31 heavy (non-hydrogen) atoms. The molecule has 0 radical (unpaired) electrons. The Morgan fingerprint density at radius 3 is 2.61 bits per heavy atom. The largest absolute Gasteiger partial charge is 0.378 e. The van der Waals surface area contributed by atoms with Gasteiger partial charge in [-0.15, -0.1) is 0 Å². The quantitative estimate of drug-likeness (QED) is 0.498. The average molecular weight is 435 g/mol. The summed E-state index contributed by atoms with van der Waals surface area (Å²) in [6.45, 7) is 3.13. The molecule has 1 saturated heterocycles. The van der Waals surface area contributed by atoms with Gasteiger partial charge in [0.15, 0.2) is 0 Å². The van der Waals surface area contributed by atoms with Gasteiger partial charge in [0, 0.05) is 36.7 Å². The van der Waals surface area contributed by atoms with E-state index >= 15 is 0 Å². The highest BCUT2D eigenvalue weighted by Gasteiger charge is 2.19. The molecule has 2 N–H and O–H groups in total. The van der Waals surface area contributed by atoms with Crippen LogP contribution in [-0.2, 0) is 14.8 Å². The third-order valence-corrected chi connectivity index (χ3v) is 6.79. The van der Waals surface area contributed by atoms with Gasteiger partial charge in [-0.2, -0.15) is 0 Å². The number of sulfonamides is 1. The molecular formula is C23H22N4O3S. The van der Waals surface area contributed by atoms with Crippen LogP contribution in [-0.4, -0.2) is 44.7 Å². The number of anilines is 2. The Morgan fingerprint density at radius 1 is 1.00 bits per heavy atom. The molecule has 0 spiro atoms. The van der Waals surface area contributed by atoms with Crippen molar-refractivity contribution in [3.05, 3.63) is 73.1 Å². The lowest BCUT2D eigenvalue weighted by atomic mass is 10.0. The highest BCUT2D eigenvalue weighted by atomic mass is 32.2. The minimum atomic E-state index is -3.72. The van der Waals surface area contributed by atoms with E-state index in [2.05, 4.69) is 31.7 Å². The fourth-order valence-electron chi connectivity index (χ4n) is 3.86. The molecule has 0 aliphatic carbocycles. The summed E-state index contributed by atoms with van der Waals surface area (Å²) in [5, 5.41) is 0.737. The van der Waals surface area contributed by atoms with Crippen LogP contribution in [0.15, 0.2) is 78.0 Å². The first-order chi connectivity index (χ1) is 15.1. The maximum atomic E-state index is 12.9. The first kappa shape index (κ1) is 19.6. The van der Waals surface area contributed by atoms with E-state index in [0.29, 0.717) is 24.5 Å². The van der Waals surface area contributed by atoms with Crippen molar-refractivity contribution in [2.75, 3.05) is 35.9 Å². The van der Waals surface area contributed by atoms with Gasteiger partial charge in [-0.1, -0.05) is 30.3 Å². The standard InChI is InChI=1S/C23H22N4O3S/c28-31(29,19-7-2-1-3-8-19)26-21-9-10-24-23-22(21)20(16-25-23)17-5-4-6-18(15-17)27-11-13-30-14-12-27/h1-10,15-16H,11-14H2,(H2,24,25,26). The van der Waals surface area contributed by atoms with Crippen LogP contribution in [0.1, 0.15) is 0 Å². The zero-order valence-electron chi connectivity index (χ0n) is 16.8. The molecule has 4 aromatic rings. The number of H-pyrrole nitrogens is 1. The van der Waals surface area contributed by atoms with Gasteiger partial charge in [0.1, 0.15) is 5.65 Å². The lowest BCUT2D eigenvalue weighted by Crippen LogP contribution is -2.36. The number of nitrogens with zero attached hydrogens (tertiary/aromatic N) is 2. The minimum absolute atomic E-state index is 0.214. The Morgan fingerprint density at radius 2 is 1.81 bits per heavy atom. The van der Waals surface area contributed by atoms with Crippen molar-refractivity contribution in [3.63, 3.8) is 0 Å². The normalized spacial score (nSPS) is 14.6. The van der Waals surface area contributed by atoms with Gasteiger partial charge in [-0.25, -0.2) is 13.4 Å². The number of benzene rings is 2. The van der Waals surface area contributed by atoms with Crippen molar-refractivity contribution >= 4 is 32.4 Å². The zero-order valence-corrected chi connectivity index (χ0v) is 17.6. The van der Waals surface area contributed by atoms with E-state index in [1.165, 1.54) is 0 Å². The van der Waals surface area contributed by atoms with E-state index in [9.17, 15) is 8.42 Å². The Hall–Kier alpha value is -3.36. The summed E-state index contributed by atoms with van der Waals surface area (Å²) in [7, 11) is -3.72. The van der Waals surface area contributed by atoms with E-state index in [4.69, 9.17) is 4.74 Å². The van der Waals surface area contributed by atoms with E-state index < -0.39 is 10.0 Å². The molecule has 0 bridgehead atoms. The van der Waals surface area contributed by atoms with Gasteiger partial charge < -0.3 is 14.6 Å². The van der Waals surface area contributed by atoms with Crippen LogP contribution >= 0.6 is 0 Å². The molecule has 0 saturated carbocycles. The molecule has 2 aromatic carbocycles. The van der Waals surface area contributed by atoms with Crippen LogP contribution in [0.3, 0.4) is 0 Å². The van der Waals surface area contributed by atoms with Crippen molar-refractivity contribution in [2.24, 2.45) is 0 Å². The van der Waals surface area contributed by atoms with Crippen LogP contribution < -0.4 is 9.62 Å². The molecule has 0 atom stereocenters. The average Bonchev–Trinajstić information content (AvgIpc) is 3.26. The smallest absolute Gasteiger partial charge is 0.261 e. The SMILES string of the molecule is O=S(=O)(Nc1ccnc2[nH]cc(-c3cccc(N4CCOCC4)c3)c12)c1ccccc1. The number of fused-ring (bicyclic) bond motifs is 1. The molecule has 5 rings (SSSR count). The third-order valence-electron chi connectivity index (χ3n) is 5.40. The third kappa shape index (κ3) is 3.87. The van der Waals surface area contributed by atoms with E-state index in [1.807, 2.05) is 18.3 Å². The molecule has 0 amide bonds. The van der Waals surface area contributed by atoms with Gasteiger partial charge in [0.25, 0.3) is 10.0 Å². The molecule has 1 fully saturated rings. The number of rotatable bonds is 5. The van der Waals surface area contributed by atoms with Crippen LogP contribution in [0.25, 0.3) is 22.2 Å². The Balaban J connectivity index is 1.56. The minimum Gasteiger partial charge on any atom is -0.378 e. The molecule has 158 valence electrons. The molecular weight excluding hydrogens is 412 g/mol. The Bertz CT molecular complexity index is 1310. The van der Waals surface area contributed by atoms with Gasteiger partial charge >= 0.3 is 0 Å². The summed E-state index contributed by atoms with van der Waals surface area (Å²) in [6.07, 6.45) is 3.46. The number of aromatic nitrogens is 2. The zero-order chi connectivity index (χ0) is 21.3. The van der Waals surface area contributed by atoms with Crippen LogP contribution in [0.4, 0.5) is 11.4 Å². The van der Waals surface area contributed by atoms with Gasteiger partial charge in [-0.05, 0) is 35.9 Å². The number of morpholine rings is 1. The molecule has 2 aromatic heterocycles. The molecule has 0 unspecified atom stereocenters. The van der Waals surface area contributed by atoms with Crippen LogP contribution in [0, 0.1) is 0 Å². The fourth-order valence-corrected chi connectivity index (χ4v) is 4.96. The van der Waals surface area contributed by atoms with Crippen LogP contribution in [0.5, 0.6) is 0 Å². The fraction of sp³-hybridized carbons (Fsp3) is 0.174. The highest BCUT2D eigenvalue weighted by molar-refractivity contribution is 7.92. The monoisotopic (exact) mass is 434 g/mol. The van der Waals surface area contributed by atoms with E-state index in [-0.39, 0.29) is 4.90 Å². The number of aromatic amines is 1. The molecule has 8 heteroatoms. The maximum absolute atomic E-state index is 12.9. The summed E-state index contributed by atoms with van der Waals surface area (Å²) < 4.78 is 34.0. The summed E-state index contributed by atoms with van der Waals surface area (Å²) in [5.41, 5.74) is 4.11. The van der Waals surface area contributed by atoms with E-state index in [1.54, 1.807) is 42.6 Å². The van der Waals surface area contributed by atoms with Gasteiger partial charge in [-0.3, -0.25) is 4.72 Å². The van der Waals surface area contributed by atoms with Crippen LogP contribution in [0.2, 0.25) is 0 Å². The second-order valence-corrected chi connectivity index (χ2v) is 9.04. The predicted octanol–water partition coefficient (Wildman–Crippen LogP) is 3.87. The summed E-state index contributed by atoms with van der Waals surface area (Å²) >= 11 is 0. The summed E-state index contributed by atoms with van der Waals surface area (Å²) in [6, 6.07) is 18.3. The lowest BCUT2D eigenvalue weighted by molar-refractivity contribution is 0.122. The van der Waals surface area contributed by atoms with Crippen molar-refractivity contribution in [3.8, 4) is 11.1 Å². The number of hydrogen-bond acceptors (Lipinski definition) is 5. The number of nitrogens with one attached hydrogen (secondary N) is 2. The lowest BCUT2D eigenvalue weighted by Gasteiger charge is -2.29. The first-order valence-electron chi connectivity index (χ1n) is 10.1. The molecule has 1 aliphatic rings. The summed E-state index contributed by atoms with van der Waals surface area (Å²) in [5.74, 6) is 0. The predicted molar refractivity (Wildman–Crippen MR) is 122 cm³/mol. The van der Waals surface area contributed by atoms with Crippen molar-refractivity contribution in [1.29, 1.82) is 0 Å². The second kappa shape index (κ2) is 8.05. The number of hydrogen-bond donors (Lipinski definition) is 2. The Kier molecular flexibility index (Phi) is 5.09. The summed E-state index contributed by atoms with van der Waals surface area (Å²) in [4.78, 5) is 10.1. The van der Waals surface area contributed by atoms with E-state index in [0.717, 1.165) is 35.3 Å². The highest BCUT2D eigenvalue weighted by Crippen LogP contribution is 2.35. The maximum Gasteiger partial charge on any atom is 0.261 e. The van der Waals surface area contributed by atoms with Gasteiger partial charge in [0.05, 0.1) is 29.2 Å². The second-order valence-electron chi connectivity index (χ2n) is 7.35. The van der Waals surface area contributed by atoms with Crippen molar-refractivity contribution < 1.29 is 13.2 Å².